The number of nitrogens with two attached hydrogens (primary N) is 1. The zero-order valence-corrected chi connectivity index (χ0v) is 10.7. The Hall–Kier alpha value is -2.42. The lowest BCUT2D eigenvalue weighted by atomic mass is 10.2. The van der Waals surface area contributed by atoms with E-state index in [0.29, 0.717) is 5.56 Å². The second-order valence-electron chi connectivity index (χ2n) is 3.75. The normalized spacial score (nSPS) is 12.6. The molecule has 0 aliphatic carbocycles. The van der Waals surface area contributed by atoms with Crippen LogP contribution in [0.1, 0.15) is 5.56 Å². The molecule has 0 saturated carbocycles. The minimum atomic E-state index is -3.35. The van der Waals surface area contributed by atoms with E-state index in [1.54, 1.807) is 12.1 Å². The highest BCUT2D eigenvalue weighted by atomic mass is 32.2. The average Bonchev–Trinajstić information content (AvgIpc) is 2.87. The van der Waals surface area contributed by atoms with E-state index < -0.39 is 9.84 Å². The molecule has 0 amide bonds. The number of aromatic nitrogens is 3. The third-order valence-electron chi connectivity index (χ3n) is 2.37. The Morgan fingerprint density at radius 2 is 2.26 bits per heavy atom. The maximum Gasteiger partial charge on any atom is 0.178 e. The minimum absolute atomic E-state index is 0.0589. The number of rotatable bonds is 3. The van der Waals surface area contributed by atoms with Gasteiger partial charge in [0.2, 0.25) is 0 Å². The van der Waals surface area contributed by atoms with E-state index in [-0.39, 0.29) is 16.5 Å². The lowest BCUT2D eigenvalue weighted by molar-refractivity contribution is 0.318. The van der Waals surface area contributed by atoms with Crippen molar-refractivity contribution in [2.75, 3.05) is 6.26 Å². The van der Waals surface area contributed by atoms with Crippen molar-refractivity contribution < 1.29 is 13.6 Å². The van der Waals surface area contributed by atoms with Gasteiger partial charge in [0.15, 0.2) is 21.5 Å². The standard InChI is InChI=1S/C10H11N5O3S/c1-19(17,18)7-5-13-15(6-7)10-8(9(11)14-16)3-2-4-12-10/h2-6,16H,1H3,(H2,11,14). The van der Waals surface area contributed by atoms with Gasteiger partial charge in [-0.05, 0) is 12.1 Å². The number of hydrogen-bond donors (Lipinski definition) is 2. The molecule has 19 heavy (non-hydrogen) atoms. The first-order valence-electron chi connectivity index (χ1n) is 5.11. The Morgan fingerprint density at radius 1 is 1.53 bits per heavy atom. The fraction of sp³-hybridized carbons (Fsp3) is 0.100. The molecule has 9 heteroatoms. The summed E-state index contributed by atoms with van der Waals surface area (Å²) in [5.41, 5.74) is 5.87. The van der Waals surface area contributed by atoms with Crippen molar-refractivity contribution >= 4 is 15.7 Å². The summed E-state index contributed by atoms with van der Waals surface area (Å²) in [4.78, 5) is 4.11. The molecular formula is C10H11N5O3S. The van der Waals surface area contributed by atoms with Crippen LogP contribution in [0.4, 0.5) is 0 Å². The first-order chi connectivity index (χ1) is 8.93. The topological polar surface area (TPSA) is 123 Å². The van der Waals surface area contributed by atoms with E-state index in [2.05, 4.69) is 15.2 Å². The van der Waals surface area contributed by atoms with E-state index in [1.807, 2.05) is 0 Å². The Bertz CT molecular complexity index is 735. The molecule has 2 aromatic rings. The van der Waals surface area contributed by atoms with Gasteiger partial charge in [-0.25, -0.2) is 18.1 Å². The summed E-state index contributed by atoms with van der Waals surface area (Å²) < 4.78 is 24.0. The van der Waals surface area contributed by atoms with E-state index in [9.17, 15) is 8.42 Å². The molecular weight excluding hydrogens is 270 g/mol. The molecule has 0 aliphatic rings. The van der Waals surface area contributed by atoms with Crippen LogP contribution in [0.3, 0.4) is 0 Å². The molecule has 0 aliphatic heterocycles. The maximum atomic E-state index is 11.4. The molecule has 0 unspecified atom stereocenters. The molecule has 0 spiro atoms. The predicted molar refractivity (Wildman–Crippen MR) is 67.0 cm³/mol. The lowest BCUT2D eigenvalue weighted by Gasteiger charge is -2.06. The van der Waals surface area contributed by atoms with Crippen LogP contribution in [0.15, 0.2) is 40.8 Å². The van der Waals surface area contributed by atoms with Crippen LogP contribution in [0, 0.1) is 0 Å². The second kappa shape index (κ2) is 4.69. The largest absolute Gasteiger partial charge is 0.409 e. The van der Waals surface area contributed by atoms with Gasteiger partial charge in [-0.3, -0.25) is 0 Å². The number of oxime groups is 1. The van der Waals surface area contributed by atoms with E-state index in [1.165, 1.54) is 23.3 Å². The summed E-state index contributed by atoms with van der Waals surface area (Å²) in [6.07, 6.45) is 5.09. The summed E-state index contributed by atoms with van der Waals surface area (Å²) >= 11 is 0. The molecule has 2 rings (SSSR count). The van der Waals surface area contributed by atoms with Crippen LogP contribution >= 0.6 is 0 Å². The third kappa shape index (κ3) is 2.55. The Balaban J connectivity index is 2.57. The van der Waals surface area contributed by atoms with Crippen molar-refractivity contribution in [1.29, 1.82) is 0 Å². The molecule has 100 valence electrons. The highest BCUT2D eigenvalue weighted by molar-refractivity contribution is 7.90. The number of hydrogen-bond acceptors (Lipinski definition) is 6. The van der Waals surface area contributed by atoms with Gasteiger partial charge in [-0.15, -0.1) is 0 Å². The van der Waals surface area contributed by atoms with Crippen molar-refractivity contribution in [3.63, 3.8) is 0 Å². The number of pyridine rings is 1. The smallest absolute Gasteiger partial charge is 0.178 e. The van der Waals surface area contributed by atoms with Crippen molar-refractivity contribution in [2.45, 2.75) is 4.90 Å². The van der Waals surface area contributed by atoms with E-state index >= 15 is 0 Å². The zero-order valence-electron chi connectivity index (χ0n) is 9.92. The van der Waals surface area contributed by atoms with Crippen molar-refractivity contribution in [3.8, 4) is 5.82 Å². The zero-order chi connectivity index (χ0) is 14.0. The Labute approximate surface area is 109 Å². The molecule has 0 bridgehead atoms. The maximum absolute atomic E-state index is 11.4. The molecule has 3 N–H and O–H groups in total. The second-order valence-corrected chi connectivity index (χ2v) is 5.77. The van der Waals surface area contributed by atoms with Crippen LogP contribution in [0.25, 0.3) is 5.82 Å². The van der Waals surface area contributed by atoms with Gasteiger partial charge in [-0.2, -0.15) is 5.10 Å². The van der Waals surface area contributed by atoms with Gasteiger partial charge in [0, 0.05) is 12.5 Å². The molecule has 2 heterocycles. The van der Waals surface area contributed by atoms with Crippen LogP contribution in [0.5, 0.6) is 0 Å². The highest BCUT2D eigenvalue weighted by Gasteiger charge is 2.14. The summed E-state index contributed by atoms with van der Waals surface area (Å²) in [5, 5.41) is 15.5. The van der Waals surface area contributed by atoms with Crippen molar-refractivity contribution in [3.05, 3.63) is 36.3 Å². The summed E-state index contributed by atoms with van der Waals surface area (Å²) in [6, 6.07) is 3.19. The summed E-state index contributed by atoms with van der Waals surface area (Å²) in [7, 11) is -3.35. The molecule has 0 aromatic carbocycles. The Morgan fingerprint density at radius 3 is 2.84 bits per heavy atom. The van der Waals surface area contributed by atoms with Crippen molar-refractivity contribution in [1.82, 2.24) is 14.8 Å². The average molecular weight is 281 g/mol. The van der Waals surface area contributed by atoms with Crippen LogP contribution in [-0.4, -0.2) is 40.5 Å². The van der Waals surface area contributed by atoms with Crippen LogP contribution in [-0.2, 0) is 9.84 Å². The SMILES string of the molecule is CS(=O)(=O)c1cnn(-c2ncccc2/C(N)=N/O)c1. The highest BCUT2D eigenvalue weighted by Crippen LogP contribution is 2.14. The van der Waals surface area contributed by atoms with Gasteiger partial charge >= 0.3 is 0 Å². The van der Waals surface area contributed by atoms with Gasteiger partial charge in [-0.1, -0.05) is 5.16 Å². The molecule has 0 atom stereocenters. The number of amidine groups is 1. The first kappa shape index (κ1) is 13.0. The van der Waals surface area contributed by atoms with E-state index in [4.69, 9.17) is 10.9 Å². The van der Waals surface area contributed by atoms with Crippen LogP contribution < -0.4 is 5.73 Å². The van der Waals surface area contributed by atoms with Crippen LogP contribution in [0.2, 0.25) is 0 Å². The lowest BCUT2D eigenvalue weighted by Crippen LogP contribution is -2.17. The van der Waals surface area contributed by atoms with Gasteiger partial charge < -0.3 is 10.9 Å². The van der Waals surface area contributed by atoms with E-state index in [0.717, 1.165) is 6.26 Å². The minimum Gasteiger partial charge on any atom is -0.409 e. The van der Waals surface area contributed by atoms with Gasteiger partial charge in [0.1, 0.15) is 4.90 Å². The van der Waals surface area contributed by atoms with Gasteiger partial charge in [0.05, 0.1) is 18.0 Å². The molecule has 2 aromatic heterocycles. The number of nitrogens with zero attached hydrogens (tertiary/aromatic N) is 4. The third-order valence-corrected chi connectivity index (χ3v) is 3.44. The molecule has 0 fully saturated rings. The molecule has 0 radical (unpaired) electrons. The number of sulfone groups is 1. The van der Waals surface area contributed by atoms with Gasteiger partial charge in [0.25, 0.3) is 0 Å². The summed E-state index contributed by atoms with van der Waals surface area (Å²) in [6.45, 7) is 0. The Kier molecular flexibility index (Phi) is 3.21. The fourth-order valence-corrected chi connectivity index (χ4v) is 1.98. The molecule has 8 nitrogen and oxygen atoms in total. The fourth-order valence-electron chi connectivity index (χ4n) is 1.45. The summed E-state index contributed by atoms with van der Waals surface area (Å²) in [5.74, 6) is 0.132. The predicted octanol–water partition coefficient (Wildman–Crippen LogP) is -0.235. The first-order valence-corrected chi connectivity index (χ1v) is 7.00. The quantitative estimate of drug-likeness (QED) is 0.346. The monoisotopic (exact) mass is 281 g/mol. The van der Waals surface area contributed by atoms with Crippen molar-refractivity contribution in [2.24, 2.45) is 10.9 Å². The molecule has 0 saturated heterocycles.